The number of likely N-dealkylation sites (N-methyl/N-ethyl adjacent to an activating group) is 2. The first kappa shape index (κ1) is 54.6. The lowest BCUT2D eigenvalue weighted by molar-refractivity contribution is -0.903. The van der Waals surface area contributed by atoms with Gasteiger partial charge >= 0.3 is 11.9 Å². The molecule has 0 atom stereocenters. The van der Waals surface area contributed by atoms with E-state index in [4.69, 9.17) is 21.1 Å². The highest BCUT2D eigenvalue weighted by Crippen LogP contribution is 2.14. The maximum atomic E-state index is 11.1. The van der Waals surface area contributed by atoms with Crippen molar-refractivity contribution in [2.75, 3.05) is 95.8 Å². The monoisotopic (exact) mass is 780 g/mol. The Morgan fingerprint density at radius 2 is 0.960 bits per heavy atom. The van der Waals surface area contributed by atoms with Gasteiger partial charge < -0.3 is 65.0 Å². The first-order chi connectivity index (χ1) is 21.9. The minimum atomic E-state index is -0.359. The molecule has 8 nitrogen and oxygen atoms in total. The number of alkyl halides is 1. The highest BCUT2D eigenvalue weighted by molar-refractivity contribution is 6.17. The predicted octanol–water partition coefficient (Wildman–Crippen LogP) is -3.10. The van der Waals surface area contributed by atoms with E-state index < -0.39 is 0 Å². The van der Waals surface area contributed by atoms with Crippen LogP contribution in [0.15, 0.2) is 73.8 Å². The molecule has 0 aliphatic carbocycles. The molecule has 288 valence electrons. The van der Waals surface area contributed by atoms with Crippen LogP contribution in [0.3, 0.4) is 0 Å². The third kappa shape index (κ3) is 27.6. The molecule has 0 saturated heterocycles. The van der Waals surface area contributed by atoms with Crippen LogP contribution in [-0.4, -0.2) is 126 Å². The summed E-state index contributed by atoms with van der Waals surface area (Å²) in [7, 11) is 17.1. The summed E-state index contributed by atoms with van der Waals surface area (Å²) in [5, 5.41) is 0. The summed E-state index contributed by atoms with van der Waals surface area (Å²) >= 11 is 5.74. The Hall–Kier alpha value is -2.14. The summed E-state index contributed by atoms with van der Waals surface area (Å²) in [5.74, 6) is -0.111. The Kier molecular flexibility index (Phi) is 31.1. The Bertz CT molecular complexity index is 1210. The van der Waals surface area contributed by atoms with E-state index in [0.29, 0.717) is 19.1 Å². The van der Waals surface area contributed by atoms with E-state index in [9.17, 15) is 9.59 Å². The number of quaternary nitrogens is 3. The Balaban J connectivity index is -0.000000337. The van der Waals surface area contributed by atoms with Crippen molar-refractivity contribution in [2.24, 2.45) is 0 Å². The van der Waals surface area contributed by atoms with E-state index in [-0.39, 0.29) is 49.2 Å². The van der Waals surface area contributed by atoms with Gasteiger partial charge in [0.05, 0.1) is 55.4 Å². The van der Waals surface area contributed by atoms with Crippen LogP contribution in [0.2, 0.25) is 0 Å². The molecule has 0 aromatic heterocycles. The van der Waals surface area contributed by atoms with Crippen LogP contribution in [0.5, 0.6) is 0 Å². The van der Waals surface area contributed by atoms with Crippen molar-refractivity contribution in [3.8, 4) is 0 Å². The standard InChI is InChI=1S/C19H32N2O2.C12H19ClN.C7H13NO2.3ClH/c1-7-19(22)23-14-13-21(5,6)16-18-11-9-17(10-12-18)15-20(3,4)8-2;1-4-14(2,3)10-12-7-5-11(9-13)6-8-12;1-4-7(9)10-6-5-8(2)3;;;/h7,9-12H,1,8,13-16H2,2-6H3;5-8H,4,9-10H2,1-3H3;4H,1,5-6H2,2-3H3;3*1H/q+2;+1;;;;/p-3. The molecule has 0 N–H and O–H groups in total. The molecule has 0 fully saturated rings. The molecule has 50 heavy (non-hydrogen) atoms. The molecule has 2 aromatic rings. The molecule has 0 aliphatic heterocycles. The highest BCUT2D eigenvalue weighted by Gasteiger charge is 2.18. The van der Waals surface area contributed by atoms with E-state index in [2.05, 4.69) is 118 Å². The van der Waals surface area contributed by atoms with Gasteiger partial charge in [0.1, 0.15) is 39.4 Å². The molecule has 0 heterocycles. The van der Waals surface area contributed by atoms with Gasteiger partial charge in [-0.25, -0.2) is 9.59 Å². The fourth-order valence-electron chi connectivity index (χ4n) is 4.11. The minimum Gasteiger partial charge on any atom is -1.00 e. The van der Waals surface area contributed by atoms with Crippen molar-refractivity contribution >= 4 is 23.5 Å². The average molecular weight is 783 g/mol. The first-order valence-electron chi connectivity index (χ1n) is 16.3. The number of rotatable bonds is 17. The van der Waals surface area contributed by atoms with Crippen molar-refractivity contribution in [3.63, 3.8) is 0 Å². The third-order valence-electron chi connectivity index (χ3n) is 7.80. The number of carbonyl (C=O) groups is 2. The number of ether oxygens (including phenoxy) is 2. The number of benzene rings is 2. The number of esters is 2. The van der Waals surface area contributed by atoms with Crippen molar-refractivity contribution in [2.45, 2.75) is 39.4 Å². The van der Waals surface area contributed by atoms with Gasteiger partial charge in [0.2, 0.25) is 0 Å². The minimum absolute atomic E-state index is 0. The van der Waals surface area contributed by atoms with Crippen LogP contribution in [0.1, 0.15) is 36.1 Å². The van der Waals surface area contributed by atoms with Gasteiger partial charge in [-0.2, -0.15) is 0 Å². The Morgan fingerprint density at radius 3 is 1.26 bits per heavy atom. The molecule has 0 aliphatic rings. The molecule has 0 radical (unpaired) electrons. The molecule has 0 bridgehead atoms. The van der Waals surface area contributed by atoms with Gasteiger partial charge in [0.15, 0.2) is 0 Å². The van der Waals surface area contributed by atoms with Crippen molar-refractivity contribution in [1.82, 2.24) is 4.90 Å². The second-order valence-electron chi connectivity index (χ2n) is 14.0. The fraction of sp³-hybridized carbons (Fsp3) is 0.526. The lowest BCUT2D eigenvalue weighted by Crippen LogP contribution is -3.00. The number of carbonyl (C=O) groups excluding carboxylic acids is 2. The molecule has 0 spiro atoms. The van der Waals surface area contributed by atoms with Gasteiger partial charge in [0, 0.05) is 41.3 Å². The average Bonchev–Trinajstić information content (AvgIpc) is 3.02. The zero-order valence-corrected chi connectivity index (χ0v) is 35.2. The second-order valence-corrected chi connectivity index (χ2v) is 14.2. The van der Waals surface area contributed by atoms with E-state index in [0.717, 1.165) is 65.3 Å². The quantitative estimate of drug-likeness (QED) is 0.0738. The lowest BCUT2D eigenvalue weighted by atomic mass is 10.1. The van der Waals surface area contributed by atoms with Crippen LogP contribution in [-0.2, 0) is 44.6 Å². The van der Waals surface area contributed by atoms with Crippen molar-refractivity contribution in [1.29, 1.82) is 0 Å². The van der Waals surface area contributed by atoms with Crippen LogP contribution in [0.25, 0.3) is 0 Å². The van der Waals surface area contributed by atoms with E-state index in [1.807, 2.05) is 19.0 Å². The zero-order valence-electron chi connectivity index (χ0n) is 32.2. The molecule has 2 rings (SSSR count). The maximum Gasteiger partial charge on any atom is 0.330 e. The Morgan fingerprint density at radius 1 is 0.640 bits per heavy atom. The topological polar surface area (TPSA) is 55.8 Å². The van der Waals surface area contributed by atoms with Gasteiger partial charge in [-0.05, 0) is 33.5 Å². The SMILES string of the molecule is C=CC(=O)OCCN(C)C.C=CC(=O)OCC[N+](C)(C)Cc1ccc(C[N+](C)(C)CC)cc1.CC[N+](C)(C)Cc1ccc(CCl)cc1.[Cl-].[Cl-].[Cl-]. The summed E-state index contributed by atoms with van der Waals surface area (Å²) in [6.45, 7) is 18.8. The van der Waals surface area contributed by atoms with Crippen LogP contribution in [0, 0.1) is 0 Å². The summed E-state index contributed by atoms with van der Waals surface area (Å²) in [5.41, 5.74) is 5.24. The van der Waals surface area contributed by atoms with Gasteiger partial charge in [-0.3, -0.25) is 0 Å². The lowest BCUT2D eigenvalue weighted by Gasteiger charge is -2.30. The maximum absolute atomic E-state index is 11.1. The smallest absolute Gasteiger partial charge is 0.330 e. The normalized spacial score (nSPS) is 10.7. The van der Waals surface area contributed by atoms with Crippen LogP contribution in [0.4, 0.5) is 0 Å². The molecule has 2 aromatic carbocycles. The van der Waals surface area contributed by atoms with Crippen molar-refractivity contribution in [3.05, 3.63) is 96.1 Å². The summed E-state index contributed by atoms with van der Waals surface area (Å²) < 4.78 is 12.6. The van der Waals surface area contributed by atoms with Gasteiger partial charge in [-0.1, -0.05) is 61.7 Å². The number of nitrogens with zero attached hydrogens (tertiary/aromatic N) is 4. The predicted molar refractivity (Wildman–Crippen MR) is 197 cm³/mol. The van der Waals surface area contributed by atoms with Crippen molar-refractivity contribution < 1.29 is 69.7 Å². The second kappa shape index (κ2) is 28.4. The first-order valence-corrected chi connectivity index (χ1v) is 16.9. The number of hydrogen-bond acceptors (Lipinski definition) is 5. The third-order valence-corrected chi connectivity index (χ3v) is 8.11. The van der Waals surface area contributed by atoms with E-state index >= 15 is 0 Å². The van der Waals surface area contributed by atoms with Crippen LogP contribution >= 0.6 is 11.6 Å². The zero-order chi connectivity index (χ0) is 36.1. The summed E-state index contributed by atoms with van der Waals surface area (Å²) in [4.78, 5) is 23.5. The molecule has 0 amide bonds. The molecular weight excluding hydrogens is 718 g/mol. The number of hydrogen-bond donors (Lipinski definition) is 0. The number of halogens is 4. The van der Waals surface area contributed by atoms with Gasteiger partial charge in [-0.15, -0.1) is 11.6 Å². The van der Waals surface area contributed by atoms with E-state index in [1.165, 1.54) is 28.3 Å². The molecular formula is C38H64Cl4N4O4. The Labute approximate surface area is 328 Å². The molecule has 0 saturated carbocycles. The summed E-state index contributed by atoms with van der Waals surface area (Å²) in [6, 6.07) is 17.4. The highest BCUT2D eigenvalue weighted by atomic mass is 35.5. The fourth-order valence-corrected chi connectivity index (χ4v) is 4.29. The van der Waals surface area contributed by atoms with Crippen LogP contribution < -0.4 is 37.2 Å². The molecule has 0 unspecified atom stereocenters. The molecule has 12 heteroatoms. The van der Waals surface area contributed by atoms with E-state index in [1.54, 1.807) is 0 Å². The largest absolute Gasteiger partial charge is 1.00 e. The summed E-state index contributed by atoms with van der Waals surface area (Å²) in [6.07, 6.45) is 2.37. The van der Waals surface area contributed by atoms with Gasteiger partial charge in [0.25, 0.3) is 0 Å².